The van der Waals surface area contributed by atoms with Crippen LogP contribution in [0.5, 0.6) is 0 Å². The molecule has 0 saturated carbocycles. The highest BCUT2D eigenvalue weighted by atomic mass is 32.2. The van der Waals surface area contributed by atoms with Crippen molar-refractivity contribution in [1.82, 2.24) is 20.4 Å². The van der Waals surface area contributed by atoms with Gasteiger partial charge in [-0.05, 0) is 17.9 Å². The average molecular weight is 437 g/mol. The lowest BCUT2D eigenvalue weighted by molar-refractivity contribution is -0.136. The van der Waals surface area contributed by atoms with E-state index in [1.807, 2.05) is 44.2 Å². The van der Waals surface area contributed by atoms with E-state index in [0.717, 1.165) is 5.56 Å². The Balaban J connectivity index is 1.50. The van der Waals surface area contributed by atoms with E-state index in [1.165, 1.54) is 0 Å². The van der Waals surface area contributed by atoms with Crippen molar-refractivity contribution in [3.63, 3.8) is 0 Å². The lowest BCUT2D eigenvalue weighted by Gasteiger charge is -2.39. The number of sulfone groups is 1. The largest absolute Gasteiger partial charge is 0.338 e. The molecule has 0 bridgehead atoms. The normalized spacial score (nSPS) is 22.6. The summed E-state index contributed by atoms with van der Waals surface area (Å²) in [5.41, 5.74) is 0.991. The van der Waals surface area contributed by atoms with Crippen LogP contribution in [0.15, 0.2) is 30.3 Å². The minimum Gasteiger partial charge on any atom is -0.338 e. The molecular weight excluding hydrogens is 404 g/mol. The van der Waals surface area contributed by atoms with Crippen molar-refractivity contribution in [2.75, 3.05) is 37.7 Å². The van der Waals surface area contributed by atoms with Crippen molar-refractivity contribution in [1.29, 1.82) is 0 Å². The molecule has 166 valence electrons. The lowest BCUT2D eigenvalue weighted by Crippen LogP contribution is -2.58. The van der Waals surface area contributed by atoms with Crippen LogP contribution >= 0.6 is 0 Å². The Labute approximate surface area is 178 Å². The second-order valence-corrected chi connectivity index (χ2v) is 10.7. The molecule has 0 spiro atoms. The number of hydrogen-bond acceptors (Lipinski definition) is 5. The fourth-order valence-electron chi connectivity index (χ4n) is 4.05. The van der Waals surface area contributed by atoms with Crippen LogP contribution in [0.2, 0.25) is 0 Å². The van der Waals surface area contributed by atoms with E-state index in [-0.39, 0.29) is 35.4 Å². The van der Waals surface area contributed by atoms with Gasteiger partial charge in [0.2, 0.25) is 5.91 Å². The summed E-state index contributed by atoms with van der Waals surface area (Å²) in [6, 6.07) is 8.71. The molecule has 30 heavy (non-hydrogen) atoms. The van der Waals surface area contributed by atoms with Gasteiger partial charge >= 0.3 is 6.03 Å². The average Bonchev–Trinajstić information content (AvgIpc) is 3.10. The molecule has 2 aliphatic heterocycles. The summed E-state index contributed by atoms with van der Waals surface area (Å²) in [6.45, 7) is 6.65. The summed E-state index contributed by atoms with van der Waals surface area (Å²) in [6.07, 6.45) is 0.675. The van der Waals surface area contributed by atoms with E-state index in [4.69, 9.17) is 0 Å². The SMILES string of the molecule is CC(C)C(NC(=O)NCc1ccccc1)C(=O)N1CCN(C2CCS(=O)(=O)C2)CC1. The number of hydrogen-bond donors (Lipinski definition) is 2. The number of benzene rings is 1. The van der Waals surface area contributed by atoms with Gasteiger partial charge in [-0.2, -0.15) is 0 Å². The maximum absolute atomic E-state index is 13.0. The third-order valence-electron chi connectivity index (χ3n) is 5.87. The predicted octanol–water partition coefficient (Wildman–Crippen LogP) is 0.842. The molecule has 2 saturated heterocycles. The van der Waals surface area contributed by atoms with E-state index in [1.54, 1.807) is 4.90 Å². The smallest absolute Gasteiger partial charge is 0.315 e. The highest BCUT2D eigenvalue weighted by Gasteiger charge is 2.36. The Morgan fingerprint density at radius 3 is 2.33 bits per heavy atom. The third-order valence-corrected chi connectivity index (χ3v) is 7.62. The minimum absolute atomic E-state index is 0.0435. The molecule has 2 heterocycles. The van der Waals surface area contributed by atoms with Gasteiger partial charge in [-0.3, -0.25) is 9.69 Å². The first-order valence-corrected chi connectivity index (χ1v) is 12.4. The number of piperazine rings is 1. The Kier molecular flexibility index (Phi) is 7.36. The maximum Gasteiger partial charge on any atom is 0.315 e. The summed E-state index contributed by atoms with van der Waals surface area (Å²) in [5, 5.41) is 5.63. The van der Waals surface area contributed by atoms with Gasteiger partial charge in [0, 0.05) is 38.8 Å². The Morgan fingerprint density at radius 2 is 1.77 bits per heavy atom. The van der Waals surface area contributed by atoms with Crippen molar-refractivity contribution in [3.05, 3.63) is 35.9 Å². The number of nitrogens with zero attached hydrogens (tertiary/aromatic N) is 2. The molecule has 0 radical (unpaired) electrons. The number of amides is 3. The Hall–Kier alpha value is -2.13. The first-order chi connectivity index (χ1) is 14.2. The molecule has 3 rings (SSSR count). The van der Waals surface area contributed by atoms with Crippen LogP contribution in [-0.2, 0) is 21.2 Å². The minimum atomic E-state index is -2.92. The molecule has 2 atom stereocenters. The monoisotopic (exact) mass is 436 g/mol. The van der Waals surface area contributed by atoms with E-state index in [9.17, 15) is 18.0 Å². The topological polar surface area (TPSA) is 98.8 Å². The van der Waals surface area contributed by atoms with Crippen LogP contribution in [0.3, 0.4) is 0 Å². The van der Waals surface area contributed by atoms with E-state index < -0.39 is 15.9 Å². The number of carbonyl (C=O) groups excluding carboxylic acids is 2. The zero-order chi connectivity index (χ0) is 21.7. The number of carbonyl (C=O) groups is 2. The van der Waals surface area contributed by atoms with Gasteiger partial charge in [0.05, 0.1) is 11.5 Å². The van der Waals surface area contributed by atoms with Gasteiger partial charge in [0.15, 0.2) is 9.84 Å². The van der Waals surface area contributed by atoms with Gasteiger partial charge in [-0.25, -0.2) is 13.2 Å². The molecule has 3 amide bonds. The van der Waals surface area contributed by atoms with Gasteiger partial charge in [0.25, 0.3) is 0 Å². The quantitative estimate of drug-likeness (QED) is 0.689. The molecule has 2 unspecified atom stereocenters. The van der Waals surface area contributed by atoms with E-state index in [2.05, 4.69) is 15.5 Å². The fourth-order valence-corrected chi connectivity index (χ4v) is 5.81. The third kappa shape index (κ3) is 5.95. The summed E-state index contributed by atoms with van der Waals surface area (Å²) in [4.78, 5) is 29.4. The summed E-state index contributed by atoms with van der Waals surface area (Å²) in [7, 11) is -2.92. The van der Waals surface area contributed by atoms with Crippen LogP contribution in [-0.4, -0.2) is 79.9 Å². The van der Waals surface area contributed by atoms with Crippen molar-refractivity contribution in [2.45, 2.75) is 38.9 Å². The molecule has 2 N–H and O–H groups in total. The number of rotatable bonds is 6. The lowest BCUT2D eigenvalue weighted by atomic mass is 10.0. The predicted molar refractivity (Wildman–Crippen MR) is 116 cm³/mol. The van der Waals surface area contributed by atoms with E-state index in [0.29, 0.717) is 39.1 Å². The van der Waals surface area contributed by atoms with Gasteiger partial charge in [-0.15, -0.1) is 0 Å². The van der Waals surface area contributed by atoms with Gasteiger partial charge in [0.1, 0.15) is 6.04 Å². The molecule has 1 aromatic rings. The van der Waals surface area contributed by atoms with Crippen LogP contribution in [0.1, 0.15) is 25.8 Å². The first-order valence-electron chi connectivity index (χ1n) is 10.6. The molecule has 8 nitrogen and oxygen atoms in total. The summed E-state index contributed by atoms with van der Waals surface area (Å²) in [5.74, 6) is 0.351. The molecule has 0 aromatic heterocycles. The van der Waals surface area contributed by atoms with Crippen LogP contribution < -0.4 is 10.6 Å². The standard InChI is InChI=1S/C21H32N4O4S/c1-16(2)19(23-21(27)22-14-17-6-4-3-5-7-17)20(26)25-11-9-24(10-12-25)18-8-13-30(28,29)15-18/h3-7,16,18-19H,8-15H2,1-2H3,(H2,22,23,27). The molecular formula is C21H32N4O4S. The van der Waals surface area contributed by atoms with E-state index >= 15 is 0 Å². The second kappa shape index (κ2) is 9.78. The second-order valence-electron chi connectivity index (χ2n) is 8.45. The van der Waals surface area contributed by atoms with Crippen LogP contribution in [0, 0.1) is 5.92 Å². The first kappa shape index (κ1) is 22.6. The van der Waals surface area contributed by atoms with Crippen molar-refractivity contribution in [3.8, 4) is 0 Å². The number of urea groups is 1. The highest BCUT2D eigenvalue weighted by Crippen LogP contribution is 2.20. The van der Waals surface area contributed by atoms with Gasteiger partial charge < -0.3 is 15.5 Å². The fraction of sp³-hybridized carbons (Fsp3) is 0.619. The molecule has 2 fully saturated rings. The van der Waals surface area contributed by atoms with Crippen LogP contribution in [0.4, 0.5) is 4.79 Å². The summed E-state index contributed by atoms with van der Waals surface area (Å²) < 4.78 is 23.5. The summed E-state index contributed by atoms with van der Waals surface area (Å²) >= 11 is 0. The van der Waals surface area contributed by atoms with Crippen molar-refractivity contribution < 1.29 is 18.0 Å². The molecule has 1 aromatic carbocycles. The number of nitrogens with one attached hydrogen (secondary N) is 2. The van der Waals surface area contributed by atoms with Crippen LogP contribution in [0.25, 0.3) is 0 Å². The highest BCUT2D eigenvalue weighted by molar-refractivity contribution is 7.91. The molecule has 0 aliphatic carbocycles. The van der Waals surface area contributed by atoms with Crippen molar-refractivity contribution in [2.24, 2.45) is 5.92 Å². The van der Waals surface area contributed by atoms with Gasteiger partial charge in [-0.1, -0.05) is 44.2 Å². The molecule has 2 aliphatic rings. The van der Waals surface area contributed by atoms with Crippen molar-refractivity contribution >= 4 is 21.8 Å². The zero-order valence-corrected chi connectivity index (χ0v) is 18.5. The maximum atomic E-state index is 13.0. The Morgan fingerprint density at radius 1 is 1.10 bits per heavy atom. The Bertz CT molecular complexity index is 836. The zero-order valence-electron chi connectivity index (χ0n) is 17.7. The molecule has 9 heteroatoms.